The number of aromatic nitrogens is 2. The zero-order valence-corrected chi connectivity index (χ0v) is 21.5. The van der Waals surface area contributed by atoms with Crippen LogP contribution in [0.1, 0.15) is 24.4 Å². The summed E-state index contributed by atoms with van der Waals surface area (Å²) in [5.74, 6) is -0.926. The van der Waals surface area contributed by atoms with Crippen molar-refractivity contribution in [1.82, 2.24) is 14.0 Å². The molecule has 0 radical (unpaired) electrons. The quantitative estimate of drug-likeness (QED) is 0.359. The molecule has 1 saturated heterocycles. The van der Waals surface area contributed by atoms with Gasteiger partial charge in [-0.05, 0) is 52.5 Å². The van der Waals surface area contributed by atoms with Gasteiger partial charge in [-0.25, -0.2) is 18.0 Å². The van der Waals surface area contributed by atoms with Gasteiger partial charge in [-0.1, -0.05) is 6.07 Å². The Labute approximate surface area is 218 Å². The summed E-state index contributed by atoms with van der Waals surface area (Å²) < 4.78 is 54.6. The molecular formula is C25H25BrF3N3O5. The Morgan fingerprint density at radius 1 is 1.11 bits per heavy atom. The summed E-state index contributed by atoms with van der Waals surface area (Å²) in [6.07, 6.45) is 0.0462. The number of carbonyl (C=O) groups is 1. The average Bonchev–Trinajstić information content (AvgIpc) is 2.91. The molecule has 0 spiro atoms. The maximum absolute atomic E-state index is 15.0. The van der Waals surface area contributed by atoms with Crippen LogP contribution in [0.4, 0.5) is 13.2 Å². The average molecular weight is 584 g/mol. The minimum absolute atomic E-state index is 0.0330. The van der Waals surface area contributed by atoms with Gasteiger partial charge in [-0.15, -0.1) is 0 Å². The van der Waals surface area contributed by atoms with E-state index in [0.717, 1.165) is 23.1 Å². The van der Waals surface area contributed by atoms with E-state index in [9.17, 15) is 27.6 Å². The predicted octanol–water partition coefficient (Wildman–Crippen LogP) is 3.60. The highest BCUT2D eigenvalue weighted by Crippen LogP contribution is 2.29. The first-order valence-corrected chi connectivity index (χ1v) is 12.4. The molecule has 37 heavy (non-hydrogen) atoms. The number of likely N-dealkylation sites (tertiary alicyclic amines) is 1. The molecule has 2 heterocycles. The summed E-state index contributed by atoms with van der Waals surface area (Å²) in [4.78, 5) is 40.0. The summed E-state index contributed by atoms with van der Waals surface area (Å²) in [5, 5.41) is -0.0330. The number of piperidine rings is 1. The standard InChI is InChI=1S/C25H25BrF3N3O5/c1-36-22-8-15(2-3-19(22)26)13-31-24(34)18-9-23(37-17(11-27)12-28)20(29)10-21(18)32(25(31)35)16-4-6-30(14-33)7-5-16/h2-3,8-10,14,16-17H,4-7,11-13H2,1H3. The number of carbonyl (C=O) groups excluding carboxylic acids is 1. The molecule has 4 rings (SSSR count). The molecule has 0 saturated carbocycles. The number of nitrogens with zero attached hydrogens (tertiary/aromatic N) is 3. The molecule has 1 aliphatic rings. The Kier molecular flexibility index (Phi) is 8.25. The van der Waals surface area contributed by atoms with Gasteiger partial charge in [0.2, 0.25) is 6.41 Å². The Morgan fingerprint density at radius 2 is 1.81 bits per heavy atom. The number of fused-ring (bicyclic) bond motifs is 1. The Bertz CT molecular complexity index is 1420. The van der Waals surface area contributed by atoms with Gasteiger partial charge in [0.25, 0.3) is 5.56 Å². The van der Waals surface area contributed by atoms with E-state index in [-0.39, 0.29) is 17.4 Å². The van der Waals surface area contributed by atoms with E-state index >= 15 is 0 Å². The van der Waals surface area contributed by atoms with Crippen LogP contribution in [0.2, 0.25) is 0 Å². The molecule has 1 aliphatic heterocycles. The molecule has 8 nitrogen and oxygen atoms in total. The predicted molar refractivity (Wildman–Crippen MR) is 134 cm³/mol. The lowest BCUT2D eigenvalue weighted by atomic mass is 10.0. The number of benzene rings is 2. The smallest absolute Gasteiger partial charge is 0.332 e. The maximum Gasteiger partial charge on any atom is 0.332 e. The van der Waals surface area contributed by atoms with Gasteiger partial charge in [-0.3, -0.25) is 18.7 Å². The second kappa shape index (κ2) is 11.4. The highest BCUT2D eigenvalue weighted by Gasteiger charge is 2.26. The number of halogens is 4. The number of rotatable bonds is 9. The van der Waals surface area contributed by atoms with Crippen molar-refractivity contribution in [2.45, 2.75) is 31.5 Å². The van der Waals surface area contributed by atoms with E-state index in [1.807, 2.05) is 0 Å². The normalized spacial score (nSPS) is 14.4. The van der Waals surface area contributed by atoms with Crippen LogP contribution < -0.4 is 20.7 Å². The zero-order valence-electron chi connectivity index (χ0n) is 20.0. The number of ether oxygens (including phenoxy) is 2. The molecule has 1 aromatic heterocycles. The molecule has 0 atom stereocenters. The van der Waals surface area contributed by atoms with Crippen molar-refractivity contribution in [3.63, 3.8) is 0 Å². The molecule has 0 unspecified atom stereocenters. The van der Waals surface area contributed by atoms with Crippen LogP contribution >= 0.6 is 15.9 Å². The third-order valence-corrected chi connectivity index (χ3v) is 7.08. The monoisotopic (exact) mass is 583 g/mol. The van der Waals surface area contributed by atoms with Gasteiger partial charge in [0.05, 0.1) is 29.0 Å². The first-order valence-electron chi connectivity index (χ1n) is 11.6. The summed E-state index contributed by atoms with van der Waals surface area (Å²) in [5.41, 5.74) is -0.687. The van der Waals surface area contributed by atoms with Gasteiger partial charge < -0.3 is 14.4 Å². The van der Waals surface area contributed by atoms with Crippen molar-refractivity contribution in [3.05, 3.63) is 67.0 Å². The van der Waals surface area contributed by atoms with Crippen molar-refractivity contribution >= 4 is 33.2 Å². The van der Waals surface area contributed by atoms with Gasteiger partial charge in [-0.2, -0.15) is 0 Å². The van der Waals surface area contributed by atoms with E-state index in [2.05, 4.69) is 15.9 Å². The lowest BCUT2D eigenvalue weighted by molar-refractivity contribution is -0.119. The molecule has 0 N–H and O–H groups in total. The lowest BCUT2D eigenvalue weighted by Crippen LogP contribution is -2.44. The van der Waals surface area contributed by atoms with Crippen LogP contribution in [-0.2, 0) is 11.3 Å². The Balaban J connectivity index is 1.90. The largest absolute Gasteiger partial charge is 0.496 e. The molecule has 1 fully saturated rings. The SMILES string of the molecule is COc1cc(Cn2c(=O)c3cc(OC(CF)CF)c(F)cc3n(C3CCN(C=O)CC3)c2=O)ccc1Br. The molecular weight excluding hydrogens is 559 g/mol. The van der Waals surface area contributed by atoms with Crippen molar-refractivity contribution in [1.29, 1.82) is 0 Å². The number of alkyl halides is 2. The molecule has 0 aliphatic carbocycles. The molecule has 1 amide bonds. The van der Waals surface area contributed by atoms with E-state index in [1.54, 1.807) is 23.1 Å². The molecule has 2 aromatic carbocycles. The van der Waals surface area contributed by atoms with E-state index < -0.39 is 48.3 Å². The minimum atomic E-state index is -1.53. The topological polar surface area (TPSA) is 82.8 Å². The second-order valence-electron chi connectivity index (χ2n) is 8.73. The van der Waals surface area contributed by atoms with Gasteiger partial charge in [0, 0.05) is 25.2 Å². The number of hydrogen-bond acceptors (Lipinski definition) is 5. The second-order valence-corrected chi connectivity index (χ2v) is 9.59. The van der Waals surface area contributed by atoms with Crippen molar-refractivity contribution < 1.29 is 27.4 Å². The van der Waals surface area contributed by atoms with E-state index in [4.69, 9.17) is 9.47 Å². The van der Waals surface area contributed by atoms with Crippen LogP contribution in [0.5, 0.6) is 11.5 Å². The summed E-state index contributed by atoms with van der Waals surface area (Å²) in [6, 6.07) is 6.79. The Morgan fingerprint density at radius 3 is 2.43 bits per heavy atom. The molecule has 198 valence electrons. The number of hydrogen-bond donors (Lipinski definition) is 0. The molecule has 12 heteroatoms. The Hall–Kier alpha value is -3.28. The summed E-state index contributed by atoms with van der Waals surface area (Å²) in [6.45, 7) is -1.68. The highest BCUT2D eigenvalue weighted by atomic mass is 79.9. The fourth-order valence-corrected chi connectivity index (χ4v) is 4.89. The molecule has 0 bridgehead atoms. The van der Waals surface area contributed by atoms with Gasteiger partial charge in [0.15, 0.2) is 17.7 Å². The van der Waals surface area contributed by atoms with Crippen LogP contribution in [0, 0.1) is 5.82 Å². The minimum Gasteiger partial charge on any atom is -0.496 e. The van der Waals surface area contributed by atoms with Gasteiger partial charge >= 0.3 is 5.69 Å². The van der Waals surface area contributed by atoms with Crippen molar-refractivity contribution in [2.75, 3.05) is 33.5 Å². The highest BCUT2D eigenvalue weighted by molar-refractivity contribution is 9.10. The molecule has 3 aromatic rings. The number of methoxy groups -OCH3 is 1. The third kappa shape index (κ3) is 5.39. The fourth-order valence-electron chi connectivity index (χ4n) is 4.48. The number of amides is 1. The summed E-state index contributed by atoms with van der Waals surface area (Å²) in [7, 11) is 1.49. The van der Waals surface area contributed by atoms with Gasteiger partial charge in [0.1, 0.15) is 19.1 Å². The maximum atomic E-state index is 15.0. The van der Waals surface area contributed by atoms with Crippen molar-refractivity contribution in [2.24, 2.45) is 0 Å². The zero-order chi connectivity index (χ0) is 26.7. The van der Waals surface area contributed by atoms with E-state index in [1.165, 1.54) is 11.7 Å². The third-order valence-electron chi connectivity index (χ3n) is 6.43. The fraction of sp³-hybridized carbons (Fsp3) is 0.400. The first kappa shape index (κ1) is 26.8. The van der Waals surface area contributed by atoms with Crippen molar-refractivity contribution in [3.8, 4) is 11.5 Å². The summed E-state index contributed by atoms with van der Waals surface area (Å²) >= 11 is 3.37. The van der Waals surface area contributed by atoms with Crippen LogP contribution in [-0.4, -0.2) is 60.1 Å². The first-order chi connectivity index (χ1) is 17.8. The van der Waals surface area contributed by atoms with E-state index in [0.29, 0.717) is 41.7 Å². The van der Waals surface area contributed by atoms with Crippen LogP contribution in [0.25, 0.3) is 10.9 Å². The lowest BCUT2D eigenvalue weighted by Gasteiger charge is -2.31. The van der Waals surface area contributed by atoms with Crippen LogP contribution in [0.15, 0.2) is 44.4 Å². The van der Waals surface area contributed by atoms with Crippen LogP contribution in [0.3, 0.4) is 0 Å².